The first kappa shape index (κ1) is 15.5. The van der Waals surface area contributed by atoms with E-state index in [9.17, 15) is 4.79 Å². The molecule has 1 aliphatic rings. The van der Waals surface area contributed by atoms with Crippen molar-refractivity contribution in [2.45, 2.75) is 26.2 Å². The molecule has 0 aliphatic carbocycles. The molecule has 1 aliphatic heterocycles. The largest absolute Gasteiger partial charge is 0.273 e. The molecule has 4 rings (SSSR count). The minimum Gasteiger partial charge on any atom is -0.273 e. The molecule has 25 heavy (non-hydrogen) atoms. The average molecular weight is 333 g/mol. The van der Waals surface area contributed by atoms with Gasteiger partial charge in [0.15, 0.2) is 0 Å². The van der Waals surface area contributed by atoms with Crippen LogP contribution in [0.5, 0.6) is 0 Å². The smallest absolute Gasteiger partial charge is 0.242 e. The summed E-state index contributed by atoms with van der Waals surface area (Å²) in [7, 11) is 1.84. The third-order valence-electron chi connectivity index (χ3n) is 4.79. The number of carbonyl (C=O) groups is 1. The Balaban J connectivity index is 1.90. The summed E-state index contributed by atoms with van der Waals surface area (Å²) in [6.07, 6.45) is 5.31. The van der Waals surface area contributed by atoms with Crippen molar-refractivity contribution in [2.75, 3.05) is 4.90 Å². The van der Waals surface area contributed by atoms with Gasteiger partial charge in [-0.1, -0.05) is 12.1 Å². The van der Waals surface area contributed by atoms with E-state index in [0.29, 0.717) is 0 Å². The third-order valence-corrected chi connectivity index (χ3v) is 4.79. The number of carbonyl (C=O) groups excluding carboxylic acids is 1. The Kier molecular flexibility index (Phi) is 3.25. The zero-order valence-electron chi connectivity index (χ0n) is 14.7. The Morgan fingerprint density at radius 3 is 2.40 bits per heavy atom. The van der Waals surface area contributed by atoms with E-state index in [1.165, 1.54) is 0 Å². The monoisotopic (exact) mass is 333 g/mol. The van der Waals surface area contributed by atoms with Gasteiger partial charge < -0.3 is 0 Å². The van der Waals surface area contributed by atoms with Crippen LogP contribution in [-0.2, 0) is 17.3 Å². The Morgan fingerprint density at radius 1 is 1.04 bits per heavy atom. The summed E-state index contributed by atoms with van der Waals surface area (Å²) < 4.78 is 1.71. The molecule has 3 heterocycles. The van der Waals surface area contributed by atoms with Crippen LogP contribution in [0, 0.1) is 6.92 Å². The van der Waals surface area contributed by atoms with Gasteiger partial charge in [-0.15, -0.1) is 0 Å². The predicted molar refractivity (Wildman–Crippen MR) is 95.6 cm³/mol. The van der Waals surface area contributed by atoms with Gasteiger partial charge in [0, 0.05) is 31.1 Å². The van der Waals surface area contributed by atoms with Crippen LogP contribution in [0.1, 0.15) is 25.2 Å². The number of rotatable bonds is 2. The molecule has 0 bridgehead atoms. The van der Waals surface area contributed by atoms with Gasteiger partial charge in [-0.25, -0.2) is 9.97 Å². The molecule has 2 aromatic heterocycles. The number of aromatic nitrogens is 4. The van der Waals surface area contributed by atoms with Crippen molar-refractivity contribution in [1.29, 1.82) is 0 Å². The molecule has 0 radical (unpaired) electrons. The number of anilines is 2. The highest BCUT2D eigenvalue weighted by Gasteiger charge is 2.45. The summed E-state index contributed by atoms with van der Waals surface area (Å²) in [5.74, 6) is 1.54. The molecule has 0 spiro atoms. The minimum absolute atomic E-state index is 0.0448. The highest BCUT2D eigenvalue weighted by Crippen LogP contribution is 2.46. The Labute approximate surface area is 146 Å². The Bertz CT molecular complexity index is 972. The topological polar surface area (TPSA) is 63.9 Å². The third kappa shape index (κ3) is 2.25. The van der Waals surface area contributed by atoms with E-state index < -0.39 is 5.41 Å². The second kappa shape index (κ2) is 5.24. The van der Waals surface area contributed by atoms with Gasteiger partial charge in [0.1, 0.15) is 11.6 Å². The zero-order valence-corrected chi connectivity index (χ0v) is 14.7. The van der Waals surface area contributed by atoms with Crippen LogP contribution < -0.4 is 4.90 Å². The molecule has 0 fully saturated rings. The quantitative estimate of drug-likeness (QED) is 0.723. The first-order valence-electron chi connectivity index (χ1n) is 8.15. The van der Waals surface area contributed by atoms with Crippen molar-refractivity contribution in [2.24, 2.45) is 7.05 Å². The standard InChI is InChI=1S/C19H19N5O/c1-12-20-10-14(11-21-12)13-5-6-15-16(9-13)24(18(25)19(15,2)3)17-7-8-22-23(17)4/h5-11H,1-4H3. The number of benzene rings is 1. The Morgan fingerprint density at radius 2 is 1.76 bits per heavy atom. The first-order valence-corrected chi connectivity index (χ1v) is 8.15. The molecule has 3 aromatic rings. The molecule has 0 N–H and O–H groups in total. The molecule has 6 nitrogen and oxygen atoms in total. The maximum atomic E-state index is 13.1. The molecular weight excluding hydrogens is 314 g/mol. The number of fused-ring (bicyclic) bond motifs is 1. The van der Waals surface area contributed by atoms with Gasteiger partial charge in [0.25, 0.3) is 0 Å². The maximum Gasteiger partial charge on any atom is 0.242 e. The van der Waals surface area contributed by atoms with Crippen molar-refractivity contribution >= 4 is 17.4 Å². The minimum atomic E-state index is -0.581. The first-order chi connectivity index (χ1) is 11.9. The number of hydrogen-bond acceptors (Lipinski definition) is 4. The van der Waals surface area contributed by atoms with Crippen LogP contribution in [0.4, 0.5) is 11.5 Å². The van der Waals surface area contributed by atoms with Crippen LogP contribution in [0.3, 0.4) is 0 Å². The molecule has 1 aromatic carbocycles. The fraction of sp³-hybridized carbons (Fsp3) is 0.263. The lowest BCUT2D eigenvalue weighted by Crippen LogP contribution is -2.34. The fourth-order valence-electron chi connectivity index (χ4n) is 3.28. The van der Waals surface area contributed by atoms with Crippen molar-refractivity contribution in [3.63, 3.8) is 0 Å². The summed E-state index contributed by atoms with van der Waals surface area (Å²) in [4.78, 5) is 23.4. The summed E-state index contributed by atoms with van der Waals surface area (Å²) in [5, 5.41) is 4.21. The lowest BCUT2D eigenvalue weighted by molar-refractivity contribution is -0.121. The molecule has 0 saturated heterocycles. The van der Waals surface area contributed by atoms with E-state index >= 15 is 0 Å². The maximum absolute atomic E-state index is 13.1. The molecule has 6 heteroatoms. The lowest BCUT2D eigenvalue weighted by Gasteiger charge is -2.20. The highest BCUT2D eigenvalue weighted by atomic mass is 16.2. The zero-order chi connectivity index (χ0) is 17.8. The van der Waals surface area contributed by atoms with Gasteiger partial charge >= 0.3 is 0 Å². The van der Waals surface area contributed by atoms with Crippen LogP contribution in [0.2, 0.25) is 0 Å². The number of hydrogen-bond donors (Lipinski definition) is 0. The SMILES string of the molecule is Cc1ncc(-c2ccc3c(c2)N(c2ccnn2C)C(=O)C3(C)C)cn1. The second-order valence-corrected chi connectivity index (χ2v) is 6.83. The second-order valence-electron chi connectivity index (χ2n) is 6.83. The predicted octanol–water partition coefficient (Wildman–Crippen LogP) is 3.14. The molecular formula is C19H19N5O. The van der Waals surface area contributed by atoms with Crippen LogP contribution in [0.25, 0.3) is 11.1 Å². The normalized spacial score (nSPS) is 15.5. The highest BCUT2D eigenvalue weighted by molar-refractivity contribution is 6.12. The molecule has 0 atom stereocenters. The summed E-state index contributed by atoms with van der Waals surface area (Å²) >= 11 is 0. The van der Waals surface area contributed by atoms with E-state index in [0.717, 1.165) is 34.0 Å². The van der Waals surface area contributed by atoms with Crippen LogP contribution in [0.15, 0.2) is 42.9 Å². The lowest BCUT2D eigenvalue weighted by atomic mass is 9.85. The van der Waals surface area contributed by atoms with E-state index in [1.54, 1.807) is 28.2 Å². The van der Waals surface area contributed by atoms with Crippen molar-refractivity contribution in [1.82, 2.24) is 19.7 Å². The van der Waals surface area contributed by atoms with E-state index in [2.05, 4.69) is 15.1 Å². The van der Waals surface area contributed by atoms with Gasteiger partial charge in [-0.05, 0) is 38.0 Å². The molecule has 0 unspecified atom stereocenters. The summed E-state index contributed by atoms with van der Waals surface area (Å²) in [6.45, 7) is 5.77. The van der Waals surface area contributed by atoms with Gasteiger partial charge in [-0.2, -0.15) is 5.10 Å². The summed E-state index contributed by atoms with van der Waals surface area (Å²) in [5.41, 5.74) is 3.22. The number of aryl methyl sites for hydroxylation is 2. The van der Waals surface area contributed by atoms with Gasteiger partial charge in [0.2, 0.25) is 5.91 Å². The Hall–Kier alpha value is -3.02. The van der Waals surface area contributed by atoms with Crippen molar-refractivity contribution in [3.8, 4) is 11.1 Å². The van der Waals surface area contributed by atoms with Gasteiger partial charge in [0.05, 0.1) is 17.3 Å². The molecule has 1 amide bonds. The number of nitrogens with zero attached hydrogens (tertiary/aromatic N) is 5. The summed E-state index contributed by atoms with van der Waals surface area (Å²) in [6, 6.07) is 7.93. The van der Waals surface area contributed by atoms with Gasteiger partial charge in [-0.3, -0.25) is 14.4 Å². The molecule has 0 saturated carbocycles. The van der Waals surface area contributed by atoms with E-state index in [4.69, 9.17) is 0 Å². The molecule has 126 valence electrons. The van der Waals surface area contributed by atoms with E-state index in [1.807, 2.05) is 52.1 Å². The number of amides is 1. The van der Waals surface area contributed by atoms with Crippen molar-refractivity contribution < 1.29 is 4.79 Å². The van der Waals surface area contributed by atoms with Crippen LogP contribution in [-0.4, -0.2) is 25.7 Å². The average Bonchev–Trinajstić information content (AvgIpc) is 3.08. The van der Waals surface area contributed by atoms with Crippen molar-refractivity contribution in [3.05, 3.63) is 54.2 Å². The van der Waals surface area contributed by atoms with E-state index in [-0.39, 0.29) is 5.91 Å². The van der Waals surface area contributed by atoms with Crippen LogP contribution >= 0.6 is 0 Å². The fourth-order valence-corrected chi connectivity index (χ4v) is 3.28.